The van der Waals surface area contributed by atoms with Crippen LogP contribution in [0.4, 0.5) is 23.2 Å². The van der Waals surface area contributed by atoms with Crippen LogP contribution in [0, 0.1) is 18.7 Å². The first-order valence-corrected chi connectivity index (χ1v) is 15.2. The Hall–Kier alpha value is -4.80. The van der Waals surface area contributed by atoms with Crippen molar-refractivity contribution < 1.29 is 27.2 Å². The Bertz CT molecular complexity index is 1860. The summed E-state index contributed by atoms with van der Waals surface area (Å²) in [5.74, 6) is -0.776. The van der Waals surface area contributed by atoms with Crippen molar-refractivity contribution in [2.45, 2.75) is 57.5 Å². The standard InChI is InChI=1S/C35H31F4N5O2/c1-20-14-30(34(46)42-32-13-11-26(36)17-31(32)35(37,38)39)29-12-10-25(16-33(29)41-20)24-8-6-23(7-9-24)22-4-2-21(3-5-22)15-28(45)18-27-19-40-44-43-27/h6-14,16-17,21-22H,2-5,15,18-19H2,1H3,(H,42,46). The van der Waals surface area contributed by atoms with Gasteiger partial charge >= 0.3 is 6.18 Å². The number of nitrogens with zero attached hydrogens (tertiary/aromatic N) is 4. The van der Waals surface area contributed by atoms with E-state index in [2.05, 4.69) is 50.0 Å². The van der Waals surface area contributed by atoms with Crippen molar-refractivity contribution in [3.05, 3.63) is 94.9 Å². The number of ketones is 1. The molecule has 2 aliphatic rings. The predicted octanol–water partition coefficient (Wildman–Crippen LogP) is 9.07. The Morgan fingerprint density at radius 2 is 1.65 bits per heavy atom. The number of alkyl halides is 3. The highest BCUT2D eigenvalue weighted by atomic mass is 19.4. The second-order valence-electron chi connectivity index (χ2n) is 12.0. The molecule has 1 N–H and O–H groups in total. The van der Waals surface area contributed by atoms with E-state index in [1.165, 1.54) is 11.6 Å². The van der Waals surface area contributed by atoms with Crippen molar-refractivity contribution in [2.24, 2.45) is 21.4 Å². The number of benzene rings is 3. The number of pyridine rings is 1. The third-order valence-corrected chi connectivity index (χ3v) is 8.70. The van der Waals surface area contributed by atoms with E-state index in [0.717, 1.165) is 54.7 Å². The van der Waals surface area contributed by atoms with Crippen LogP contribution in [-0.4, -0.2) is 28.9 Å². The highest BCUT2D eigenvalue weighted by Crippen LogP contribution is 2.39. The number of nitrogens with one attached hydrogen (secondary N) is 1. The molecule has 6 rings (SSSR count). The van der Waals surface area contributed by atoms with E-state index in [-0.39, 0.29) is 11.3 Å². The Morgan fingerprint density at radius 1 is 0.913 bits per heavy atom. The highest BCUT2D eigenvalue weighted by Gasteiger charge is 2.34. The largest absolute Gasteiger partial charge is 0.418 e. The van der Waals surface area contributed by atoms with E-state index in [4.69, 9.17) is 0 Å². The molecule has 7 nitrogen and oxygen atoms in total. The maximum atomic E-state index is 13.6. The van der Waals surface area contributed by atoms with Gasteiger partial charge in [0.2, 0.25) is 0 Å². The quantitative estimate of drug-likeness (QED) is 0.197. The fraction of sp³-hybridized carbons (Fsp3) is 0.314. The average Bonchev–Trinajstić information content (AvgIpc) is 3.54. The van der Waals surface area contributed by atoms with Crippen molar-refractivity contribution in [2.75, 3.05) is 11.9 Å². The van der Waals surface area contributed by atoms with E-state index < -0.39 is 29.2 Å². The molecule has 0 atom stereocenters. The predicted molar refractivity (Wildman–Crippen MR) is 167 cm³/mol. The average molecular weight is 630 g/mol. The van der Waals surface area contributed by atoms with Gasteiger partial charge in [0.1, 0.15) is 18.1 Å². The normalized spacial score (nSPS) is 18.1. The van der Waals surface area contributed by atoms with Crippen LogP contribution in [0.2, 0.25) is 0 Å². The number of hydrogen-bond acceptors (Lipinski definition) is 6. The van der Waals surface area contributed by atoms with Gasteiger partial charge in [-0.3, -0.25) is 14.6 Å². The maximum Gasteiger partial charge on any atom is 0.418 e. The smallest absolute Gasteiger partial charge is 0.321 e. The summed E-state index contributed by atoms with van der Waals surface area (Å²) in [6.45, 7) is 2.13. The molecule has 1 amide bonds. The second kappa shape index (κ2) is 12.9. The lowest BCUT2D eigenvalue weighted by molar-refractivity contribution is -0.137. The molecule has 0 saturated heterocycles. The van der Waals surface area contributed by atoms with Crippen LogP contribution in [0.3, 0.4) is 0 Å². The van der Waals surface area contributed by atoms with Gasteiger partial charge in [-0.15, -0.1) is 5.10 Å². The summed E-state index contributed by atoms with van der Waals surface area (Å²) < 4.78 is 54.1. The Kier molecular flexibility index (Phi) is 8.75. The molecule has 4 aromatic rings. The molecule has 2 heterocycles. The minimum absolute atomic E-state index is 0.164. The van der Waals surface area contributed by atoms with Crippen LogP contribution in [0.25, 0.3) is 22.0 Å². The summed E-state index contributed by atoms with van der Waals surface area (Å²) in [7, 11) is 0. The van der Waals surface area contributed by atoms with Gasteiger partial charge in [-0.25, -0.2) is 4.39 Å². The van der Waals surface area contributed by atoms with Gasteiger partial charge in [0, 0.05) is 23.9 Å². The number of carbonyl (C=O) groups is 2. The van der Waals surface area contributed by atoms with Crippen molar-refractivity contribution in [3.8, 4) is 11.1 Å². The summed E-state index contributed by atoms with van der Waals surface area (Å²) in [5, 5.41) is 14.1. The van der Waals surface area contributed by atoms with Crippen LogP contribution >= 0.6 is 0 Å². The highest BCUT2D eigenvalue weighted by molar-refractivity contribution is 6.13. The topological polar surface area (TPSA) is 96.1 Å². The zero-order valence-corrected chi connectivity index (χ0v) is 25.1. The molecule has 46 heavy (non-hydrogen) atoms. The summed E-state index contributed by atoms with van der Waals surface area (Å²) in [4.78, 5) is 30.2. The molecule has 1 aliphatic heterocycles. The van der Waals surface area contributed by atoms with Crippen LogP contribution in [0.1, 0.15) is 71.6 Å². The minimum Gasteiger partial charge on any atom is -0.321 e. The van der Waals surface area contributed by atoms with Crippen molar-refractivity contribution in [1.82, 2.24) is 4.98 Å². The van der Waals surface area contributed by atoms with Gasteiger partial charge in [0.05, 0.1) is 28.0 Å². The number of halogens is 4. The van der Waals surface area contributed by atoms with Gasteiger partial charge in [0.25, 0.3) is 5.91 Å². The molecular weight excluding hydrogens is 598 g/mol. The molecule has 3 aromatic carbocycles. The lowest BCUT2D eigenvalue weighted by atomic mass is 9.76. The molecular formula is C35H31F4N5O2. The van der Waals surface area contributed by atoms with Crippen LogP contribution in [0.15, 0.2) is 82.2 Å². The summed E-state index contributed by atoms with van der Waals surface area (Å²) in [6, 6.07) is 17.5. The van der Waals surface area contributed by atoms with E-state index in [0.29, 0.717) is 53.9 Å². The summed E-state index contributed by atoms with van der Waals surface area (Å²) in [6.07, 6.45) is 0.124. The number of anilines is 1. The third-order valence-electron chi connectivity index (χ3n) is 8.70. The number of aryl methyl sites for hydroxylation is 1. The minimum atomic E-state index is -4.84. The molecule has 11 heteroatoms. The maximum absolute atomic E-state index is 13.6. The Balaban J connectivity index is 1.13. The van der Waals surface area contributed by atoms with Crippen molar-refractivity contribution in [3.63, 3.8) is 0 Å². The molecule has 0 bridgehead atoms. The first-order chi connectivity index (χ1) is 22.0. The number of rotatable bonds is 8. The zero-order valence-electron chi connectivity index (χ0n) is 25.1. The summed E-state index contributed by atoms with van der Waals surface area (Å²) in [5.41, 5.74) is 3.28. The van der Waals surface area contributed by atoms with Gasteiger partial charge < -0.3 is 5.32 Å². The van der Waals surface area contributed by atoms with E-state index in [1.54, 1.807) is 13.0 Å². The van der Waals surface area contributed by atoms with Gasteiger partial charge in [-0.1, -0.05) is 36.4 Å². The van der Waals surface area contributed by atoms with Gasteiger partial charge in [0.15, 0.2) is 0 Å². The Morgan fingerprint density at radius 3 is 2.35 bits per heavy atom. The molecule has 236 valence electrons. The van der Waals surface area contributed by atoms with Crippen LogP contribution in [-0.2, 0) is 11.0 Å². The molecule has 0 unspecified atom stereocenters. The monoisotopic (exact) mass is 629 g/mol. The van der Waals surface area contributed by atoms with E-state index >= 15 is 0 Å². The first-order valence-electron chi connectivity index (χ1n) is 15.2. The number of Topliss-reactive ketones (excluding diaryl/α,β-unsaturated/α-hetero) is 1. The molecule has 1 aliphatic carbocycles. The summed E-state index contributed by atoms with van der Waals surface area (Å²) >= 11 is 0. The number of fused-ring (bicyclic) bond motifs is 1. The lowest BCUT2D eigenvalue weighted by Gasteiger charge is -2.28. The molecule has 0 spiro atoms. The number of carbonyl (C=O) groups excluding carboxylic acids is 2. The fourth-order valence-electron chi connectivity index (χ4n) is 6.38. The van der Waals surface area contributed by atoms with Crippen LogP contribution < -0.4 is 5.32 Å². The van der Waals surface area contributed by atoms with Crippen molar-refractivity contribution in [1.29, 1.82) is 0 Å². The van der Waals surface area contributed by atoms with Crippen LogP contribution in [0.5, 0.6) is 0 Å². The molecule has 1 aromatic heterocycles. The number of hydrogen-bond donors (Lipinski definition) is 1. The molecule has 0 radical (unpaired) electrons. The molecule has 1 fully saturated rings. The molecule has 1 saturated carbocycles. The number of amides is 1. The van der Waals surface area contributed by atoms with Crippen molar-refractivity contribution >= 4 is 34.0 Å². The van der Waals surface area contributed by atoms with Gasteiger partial charge in [-0.05, 0) is 96.7 Å². The van der Waals surface area contributed by atoms with Gasteiger partial charge in [-0.2, -0.15) is 18.3 Å². The van der Waals surface area contributed by atoms with E-state index in [1.807, 2.05) is 12.1 Å². The fourth-order valence-corrected chi connectivity index (χ4v) is 6.38. The third kappa shape index (κ3) is 7.03. The van der Waals surface area contributed by atoms with E-state index in [9.17, 15) is 27.2 Å². The number of aromatic nitrogens is 1. The first kappa shape index (κ1) is 31.2. The Labute approximate surface area is 262 Å². The zero-order chi connectivity index (χ0) is 32.4. The second-order valence-corrected chi connectivity index (χ2v) is 12.0. The lowest BCUT2D eigenvalue weighted by Crippen LogP contribution is -2.18. The SMILES string of the molecule is Cc1cc(C(=O)Nc2ccc(F)cc2C(F)(F)F)c2ccc(-c3ccc(C4CCC(CC(=O)CC5=NN=NC5)CC4)cc3)cc2n1.